The van der Waals surface area contributed by atoms with Gasteiger partial charge in [0, 0.05) is 39.4 Å². The van der Waals surface area contributed by atoms with Gasteiger partial charge in [-0.25, -0.2) is 0 Å². The fourth-order valence-corrected chi connectivity index (χ4v) is 7.38. The third-order valence-electron chi connectivity index (χ3n) is 9.53. The van der Waals surface area contributed by atoms with Crippen molar-refractivity contribution in [3.8, 4) is 33.4 Å². The van der Waals surface area contributed by atoms with Crippen molar-refractivity contribution in [2.45, 2.75) is 19.3 Å². The van der Waals surface area contributed by atoms with Crippen LogP contribution in [0.5, 0.6) is 0 Å². The lowest BCUT2D eigenvalue weighted by Gasteiger charge is -2.23. The Morgan fingerprint density at radius 2 is 0.860 bits per heavy atom. The zero-order valence-corrected chi connectivity index (χ0v) is 24.1. The van der Waals surface area contributed by atoms with Gasteiger partial charge in [-0.2, -0.15) is 0 Å². The lowest BCUT2D eigenvalue weighted by molar-refractivity contribution is 0.661. The Balaban J connectivity index is 1.22. The highest BCUT2D eigenvalue weighted by molar-refractivity contribution is 6.14. The Kier molecular flexibility index (Phi) is 4.99. The van der Waals surface area contributed by atoms with Gasteiger partial charge in [-0.15, -0.1) is 0 Å². The van der Waals surface area contributed by atoms with Crippen molar-refractivity contribution in [1.82, 2.24) is 9.97 Å². The van der Waals surface area contributed by atoms with Crippen LogP contribution in [0, 0.1) is 0 Å². The van der Waals surface area contributed by atoms with Crippen molar-refractivity contribution >= 4 is 43.4 Å². The van der Waals surface area contributed by atoms with Crippen LogP contribution in [0.4, 0.5) is 0 Å². The molecule has 0 unspecified atom stereocenters. The van der Waals surface area contributed by atoms with Crippen LogP contribution in [-0.2, 0) is 5.41 Å². The van der Waals surface area contributed by atoms with Crippen molar-refractivity contribution in [1.29, 1.82) is 0 Å². The quantitative estimate of drug-likeness (QED) is 0.201. The van der Waals surface area contributed by atoms with Gasteiger partial charge in [-0.3, -0.25) is 9.97 Å². The van der Waals surface area contributed by atoms with Crippen LogP contribution >= 0.6 is 0 Å². The summed E-state index contributed by atoms with van der Waals surface area (Å²) < 4.78 is 0. The number of rotatable bonds is 2. The van der Waals surface area contributed by atoms with Crippen molar-refractivity contribution in [2.24, 2.45) is 0 Å². The van der Waals surface area contributed by atoms with Crippen LogP contribution in [0.25, 0.3) is 76.7 Å². The van der Waals surface area contributed by atoms with E-state index < -0.39 is 0 Å². The Morgan fingerprint density at radius 1 is 0.419 bits per heavy atom. The molecule has 0 spiro atoms. The first-order valence-electron chi connectivity index (χ1n) is 14.9. The fraction of sp³-hybridized carbons (Fsp3) is 0.0732. The average Bonchev–Trinajstić information content (AvgIpc) is 3.29. The van der Waals surface area contributed by atoms with E-state index in [1.807, 2.05) is 24.5 Å². The van der Waals surface area contributed by atoms with Gasteiger partial charge in [0.25, 0.3) is 0 Å². The first-order valence-corrected chi connectivity index (χ1v) is 14.9. The summed E-state index contributed by atoms with van der Waals surface area (Å²) >= 11 is 0. The maximum absolute atomic E-state index is 4.80. The normalized spacial score (nSPS) is 13.5. The molecule has 202 valence electrons. The van der Waals surface area contributed by atoms with E-state index in [0.29, 0.717) is 0 Å². The van der Waals surface area contributed by atoms with Gasteiger partial charge in [0.15, 0.2) is 0 Å². The van der Waals surface area contributed by atoms with Gasteiger partial charge in [-0.05, 0) is 79.5 Å². The highest BCUT2D eigenvalue weighted by Crippen LogP contribution is 2.51. The molecule has 2 nitrogen and oxygen atoms in total. The van der Waals surface area contributed by atoms with Gasteiger partial charge in [0.2, 0.25) is 0 Å². The number of hydrogen-bond acceptors (Lipinski definition) is 2. The second kappa shape index (κ2) is 8.83. The number of fused-ring (bicyclic) bond motifs is 9. The molecule has 2 heteroatoms. The van der Waals surface area contributed by atoms with Crippen molar-refractivity contribution in [2.75, 3.05) is 0 Å². The summed E-state index contributed by atoms with van der Waals surface area (Å²) in [6, 6.07) is 44.3. The van der Waals surface area contributed by atoms with Crippen LogP contribution in [0.1, 0.15) is 25.0 Å². The van der Waals surface area contributed by atoms with Gasteiger partial charge >= 0.3 is 0 Å². The van der Waals surface area contributed by atoms with Gasteiger partial charge < -0.3 is 0 Å². The highest BCUT2D eigenvalue weighted by Gasteiger charge is 2.36. The SMILES string of the molecule is CC1(C)c2cc(-c3cccc4ccc5cccnc5c34)ccc2-c2ccc(-c3cccc4ccc5cccnc5c34)cc21. The number of benzene rings is 6. The van der Waals surface area contributed by atoms with E-state index in [0.717, 1.165) is 11.0 Å². The summed E-state index contributed by atoms with van der Waals surface area (Å²) in [4.78, 5) is 9.61. The molecule has 1 aliphatic rings. The predicted octanol–water partition coefficient (Wildman–Crippen LogP) is 10.7. The minimum Gasteiger partial charge on any atom is -0.256 e. The molecular formula is C41H28N2. The number of pyridine rings is 2. The first kappa shape index (κ1) is 24.3. The summed E-state index contributed by atoms with van der Waals surface area (Å²) in [6.45, 7) is 4.73. The predicted molar refractivity (Wildman–Crippen MR) is 180 cm³/mol. The smallest absolute Gasteiger partial charge is 0.0786 e. The number of aromatic nitrogens is 2. The van der Waals surface area contributed by atoms with E-state index in [2.05, 4.69) is 123 Å². The van der Waals surface area contributed by atoms with Crippen molar-refractivity contribution in [3.63, 3.8) is 0 Å². The molecule has 2 heterocycles. The standard InChI is InChI=1S/C41H28N2/c1-41(2)35-23-29(31-11-3-7-25-13-15-27-9-5-21-42-39(27)37(25)31)17-19-33(35)34-20-18-30(24-36(34)41)32-12-4-8-26-14-16-28-10-6-22-43-40(28)38(26)32/h3-24H,1-2H3. The molecule has 0 atom stereocenters. The van der Waals surface area contributed by atoms with Gasteiger partial charge in [0.1, 0.15) is 0 Å². The zero-order chi connectivity index (χ0) is 28.7. The molecule has 0 saturated carbocycles. The Hall–Kier alpha value is -5.34. The lowest BCUT2D eigenvalue weighted by Crippen LogP contribution is -2.15. The minimum atomic E-state index is -0.146. The van der Waals surface area contributed by atoms with Crippen molar-refractivity contribution < 1.29 is 0 Å². The average molecular weight is 549 g/mol. The summed E-state index contributed by atoms with van der Waals surface area (Å²) in [5.41, 5.74) is 12.3. The van der Waals surface area contributed by atoms with Crippen LogP contribution in [-0.4, -0.2) is 9.97 Å². The van der Waals surface area contributed by atoms with Crippen LogP contribution in [0.15, 0.2) is 134 Å². The van der Waals surface area contributed by atoms with E-state index >= 15 is 0 Å². The van der Waals surface area contributed by atoms with Crippen LogP contribution < -0.4 is 0 Å². The molecule has 0 saturated heterocycles. The molecular weight excluding hydrogens is 520 g/mol. The van der Waals surface area contributed by atoms with Crippen LogP contribution in [0.2, 0.25) is 0 Å². The molecule has 6 aromatic carbocycles. The van der Waals surface area contributed by atoms with E-state index in [9.17, 15) is 0 Å². The molecule has 0 N–H and O–H groups in total. The molecule has 9 rings (SSSR count). The molecule has 43 heavy (non-hydrogen) atoms. The van der Waals surface area contributed by atoms with Crippen LogP contribution in [0.3, 0.4) is 0 Å². The highest BCUT2D eigenvalue weighted by atomic mass is 14.7. The molecule has 0 bridgehead atoms. The maximum atomic E-state index is 4.80. The largest absolute Gasteiger partial charge is 0.256 e. The molecule has 0 aliphatic heterocycles. The van der Waals surface area contributed by atoms with E-state index in [-0.39, 0.29) is 5.41 Å². The summed E-state index contributed by atoms with van der Waals surface area (Å²) in [5.74, 6) is 0. The molecule has 1 aliphatic carbocycles. The van der Waals surface area contributed by atoms with E-state index in [1.54, 1.807) is 0 Å². The topological polar surface area (TPSA) is 25.8 Å². The summed E-state index contributed by atoms with van der Waals surface area (Å²) in [5, 5.41) is 7.20. The maximum Gasteiger partial charge on any atom is 0.0786 e. The monoisotopic (exact) mass is 548 g/mol. The fourth-order valence-electron chi connectivity index (χ4n) is 7.38. The van der Waals surface area contributed by atoms with E-state index in [1.165, 1.54) is 76.8 Å². The lowest BCUT2D eigenvalue weighted by atomic mass is 9.80. The second-order valence-electron chi connectivity index (χ2n) is 12.2. The zero-order valence-electron chi connectivity index (χ0n) is 24.1. The molecule has 0 radical (unpaired) electrons. The molecule has 0 fully saturated rings. The Morgan fingerprint density at radius 3 is 1.35 bits per heavy atom. The first-order chi connectivity index (χ1) is 21.1. The third kappa shape index (κ3) is 3.47. The van der Waals surface area contributed by atoms with E-state index in [4.69, 9.17) is 9.97 Å². The number of nitrogens with zero attached hydrogens (tertiary/aromatic N) is 2. The second-order valence-corrected chi connectivity index (χ2v) is 12.2. The molecule has 8 aromatic rings. The molecule has 0 amide bonds. The summed E-state index contributed by atoms with van der Waals surface area (Å²) in [7, 11) is 0. The Labute approximate surface area is 250 Å². The Bertz CT molecular complexity index is 2260. The minimum absolute atomic E-state index is 0.146. The summed E-state index contributed by atoms with van der Waals surface area (Å²) in [6.07, 6.45) is 3.79. The number of hydrogen-bond donors (Lipinski definition) is 0. The third-order valence-corrected chi connectivity index (χ3v) is 9.53. The van der Waals surface area contributed by atoms with Crippen molar-refractivity contribution in [3.05, 3.63) is 145 Å². The van der Waals surface area contributed by atoms with Gasteiger partial charge in [0.05, 0.1) is 11.0 Å². The molecule has 2 aromatic heterocycles. The van der Waals surface area contributed by atoms with Gasteiger partial charge in [-0.1, -0.05) is 111 Å².